The molecular weight excluding hydrogens is 346 g/mol. The lowest BCUT2D eigenvalue weighted by Gasteiger charge is -2.26. The van der Waals surface area contributed by atoms with Crippen LogP contribution in [0.25, 0.3) is 10.9 Å². The molecule has 1 N–H and O–H groups in total. The third-order valence-corrected chi connectivity index (χ3v) is 6.05. The number of carbonyl (C=O) groups is 2. The van der Waals surface area contributed by atoms with E-state index in [0.29, 0.717) is 23.9 Å². The first-order valence-corrected chi connectivity index (χ1v) is 9.83. The summed E-state index contributed by atoms with van der Waals surface area (Å²) in [5.41, 5.74) is 0.821. The number of fused-ring (bicyclic) bond motifs is 1. The third-order valence-electron chi connectivity index (χ3n) is 4.30. The van der Waals surface area contributed by atoms with Crippen LogP contribution in [0.2, 0.25) is 0 Å². The molecule has 1 aliphatic rings. The minimum Gasteiger partial charge on any atom is -0.451 e. The Morgan fingerprint density at radius 2 is 2.12 bits per heavy atom. The Hall–Kier alpha value is -2.42. The second kappa shape index (κ2) is 6.83. The van der Waals surface area contributed by atoms with Crippen LogP contribution in [0.5, 0.6) is 0 Å². The molecule has 2 heterocycles. The van der Waals surface area contributed by atoms with E-state index < -0.39 is 28.3 Å². The first-order valence-electron chi connectivity index (χ1n) is 8.01. The second-order valence-electron chi connectivity index (χ2n) is 5.93. The summed E-state index contributed by atoms with van der Waals surface area (Å²) in [5, 5.41) is 7.28. The molecule has 0 aliphatic carbocycles. The molecule has 0 saturated carbocycles. The van der Waals surface area contributed by atoms with E-state index in [1.54, 1.807) is 25.1 Å². The SMILES string of the molecule is CCN(C(=O)COC(=O)c1n[nH]c2ccccc12)[C@H]1CCS(=O)(=O)C1. The van der Waals surface area contributed by atoms with Crippen molar-refractivity contribution < 1.29 is 22.7 Å². The number of rotatable bonds is 5. The van der Waals surface area contributed by atoms with Crippen LogP contribution < -0.4 is 0 Å². The monoisotopic (exact) mass is 365 g/mol. The molecule has 134 valence electrons. The number of nitrogens with one attached hydrogen (secondary N) is 1. The summed E-state index contributed by atoms with van der Waals surface area (Å²) in [6.45, 7) is 1.69. The van der Waals surface area contributed by atoms with E-state index in [1.807, 2.05) is 6.07 Å². The van der Waals surface area contributed by atoms with Gasteiger partial charge in [-0.25, -0.2) is 13.2 Å². The number of aromatic nitrogens is 2. The minimum absolute atomic E-state index is 0.0372. The number of H-pyrrole nitrogens is 1. The highest BCUT2D eigenvalue weighted by Crippen LogP contribution is 2.19. The molecule has 0 radical (unpaired) electrons. The van der Waals surface area contributed by atoms with Gasteiger partial charge in [-0.2, -0.15) is 5.10 Å². The summed E-state index contributed by atoms with van der Waals surface area (Å²) < 4.78 is 28.3. The van der Waals surface area contributed by atoms with Gasteiger partial charge in [0.1, 0.15) is 0 Å². The predicted molar refractivity (Wildman–Crippen MR) is 90.8 cm³/mol. The zero-order valence-corrected chi connectivity index (χ0v) is 14.6. The quantitative estimate of drug-likeness (QED) is 0.783. The van der Waals surface area contributed by atoms with Crippen molar-refractivity contribution in [1.29, 1.82) is 0 Å². The average molecular weight is 365 g/mol. The van der Waals surface area contributed by atoms with Crippen LogP contribution in [-0.2, 0) is 19.4 Å². The molecule has 1 amide bonds. The summed E-state index contributed by atoms with van der Waals surface area (Å²) in [6, 6.07) is 6.75. The van der Waals surface area contributed by atoms with Crippen molar-refractivity contribution in [3.05, 3.63) is 30.0 Å². The number of likely N-dealkylation sites (N-methyl/N-ethyl adjacent to an activating group) is 1. The van der Waals surface area contributed by atoms with E-state index in [1.165, 1.54) is 4.90 Å². The maximum Gasteiger partial charge on any atom is 0.359 e. The molecule has 1 atom stereocenters. The topological polar surface area (TPSA) is 109 Å². The largest absolute Gasteiger partial charge is 0.451 e. The zero-order valence-electron chi connectivity index (χ0n) is 13.8. The van der Waals surface area contributed by atoms with Gasteiger partial charge in [-0.15, -0.1) is 0 Å². The lowest BCUT2D eigenvalue weighted by atomic mass is 10.2. The number of sulfone groups is 1. The number of hydrogen-bond donors (Lipinski definition) is 1. The number of hydrogen-bond acceptors (Lipinski definition) is 6. The Morgan fingerprint density at radius 1 is 1.36 bits per heavy atom. The van der Waals surface area contributed by atoms with Crippen LogP contribution >= 0.6 is 0 Å². The fourth-order valence-corrected chi connectivity index (χ4v) is 4.79. The lowest BCUT2D eigenvalue weighted by Crippen LogP contribution is -2.43. The molecule has 1 aromatic heterocycles. The Bertz CT molecular complexity index is 905. The van der Waals surface area contributed by atoms with Gasteiger partial charge in [0.25, 0.3) is 5.91 Å². The highest BCUT2D eigenvalue weighted by Gasteiger charge is 2.34. The van der Waals surface area contributed by atoms with Gasteiger partial charge in [-0.3, -0.25) is 9.89 Å². The normalized spacial score (nSPS) is 19.0. The van der Waals surface area contributed by atoms with Gasteiger partial charge in [0.2, 0.25) is 0 Å². The molecule has 1 aromatic carbocycles. The molecule has 3 rings (SSSR count). The van der Waals surface area contributed by atoms with Crippen LogP contribution in [0, 0.1) is 0 Å². The fraction of sp³-hybridized carbons (Fsp3) is 0.438. The second-order valence-corrected chi connectivity index (χ2v) is 8.16. The van der Waals surface area contributed by atoms with E-state index >= 15 is 0 Å². The molecule has 25 heavy (non-hydrogen) atoms. The molecule has 1 saturated heterocycles. The Kier molecular flexibility index (Phi) is 4.76. The fourth-order valence-electron chi connectivity index (χ4n) is 3.06. The summed E-state index contributed by atoms with van der Waals surface area (Å²) in [6.07, 6.45) is 0.417. The number of esters is 1. The van der Waals surface area contributed by atoms with Crippen molar-refractivity contribution in [2.24, 2.45) is 0 Å². The van der Waals surface area contributed by atoms with E-state index in [4.69, 9.17) is 4.74 Å². The highest BCUT2D eigenvalue weighted by atomic mass is 32.2. The number of ether oxygens (including phenoxy) is 1. The smallest absolute Gasteiger partial charge is 0.359 e. The molecule has 8 nitrogen and oxygen atoms in total. The summed E-state index contributed by atoms with van der Waals surface area (Å²) in [4.78, 5) is 26.0. The van der Waals surface area contributed by atoms with E-state index in [2.05, 4.69) is 10.2 Å². The van der Waals surface area contributed by atoms with Crippen molar-refractivity contribution in [1.82, 2.24) is 15.1 Å². The zero-order chi connectivity index (χ0) is 18.0. The lowest BCUT2D eigenvalue weighted by molar-refractivity contribution is -0.136. The first kappa shape index (κ1) is 17.4. The molecule has 2 aromatic rings. The van der Waals surface area contributed by atoms with Crippen LogP contribution in [0.15, 0.2) is 24.3 Å². The van der Waals surface area contributed by atoms with Crippen LogP contribution in [0.1, 0.15) is 23.8 Å². The standard InChI is InChI=1S/C16H19N3O5S/c1-2-19(11-7-8-25(22,23)10-11)14(20)9-24-16(21)15-12-5-3-4-6-13(12)17-18-15/h3-6,11H,2,7-10H2,1H3,(H,17,18)/t11-/m0/s1. The maximum atomic E-state index is 12.3. The van der Waals surface area contributed by atoms with E-state index in [0.717, 1.165) is 0 Å². The third kappa shape index (κ3) is 3.65. The van der Waals surface area contributed by atoms with Crippen molar-refractivity contribution in [2.75, 3.05) is 24.7 Å². The summed E-state index contributed by atoms with van der Waals surface area (Å²) in [5.74, 6) is -1.05. The van der Waals surface area contributed by atoms with Crippen molar-refractivity contribution in [2.45, 2.75) is 19.4 Å². The molecule has 9 heteroatoms. The molecule has 0 bridgehead atoms. The molecule has 1 aliphatic heterocycles. The maximum absolute atomic E-state index is 12.3. The minimum atomic E-state index is -3.09. The number of benzene rings is 1. The van der Waals surface area contributed by atoms with Gasteiger partial charge in [-0.1, -0.05) is 18.2 Å². The van der Waals surface area contributed by atoms with Gasteiger partial charge in [-0.05, 0) is 19.4 Å². The molecule has 0 unspecified atom stereocenters. The molecule has 1 fully saturated rings. The summed E-state index contributed by atoms with van der Waals surface area (Å²) >= 11 is 0. The van der Waals surface area contributed by atoms with E-state index in [9.17, 15) is 18.0 Å². The van der Waals surface area contributed by atoms with Crippen LogP contribution in [0.3, 0.4) is 0 Å². The molecular formula is C16H19N3O5S. The Morgan fingerprint density at radius 3 is 2.80 bits per heavy atom. The van der Waals surface area contributed by atoms with Crippen LogP contribution in [-0.4, -0.2) is 66.1 Å². The number of aromatic amines is 1. The Labute approximate surface area is 145 Å². The number of para-hydroxylation sites is 1. The van der Waals surface area contributed by atoms with Gasteiger partial charge >= 0.3 is 5.97 Å². The van der Waals surface area contributed by atoms with Gasteiger partial charge in [0, 0.05) is 18.0 Å². The van der Waals surface area contributed by atoms with Gasteiger partial charge < -0.3 is 9.64 Å². The predicted octanol–water partition coefficient (Wildman–Crippen LogP) is 0.755. The summed E-state index contributed by atoms with van der Waals surface area (Å²) in [7, 11) is -3.09. The Balaban J connectivity index is 1.64. The average Bonchev–Trinajstić information content (AvgIpc) is 3.16. The van der Waals surface area contributed by atoms with Gasteiger partial charge in [0.05, 0.1) is 17.0 Å². The van der Waals surface area contributed by atoms with Gasteiger partial charge in [0.15, 0.2) is 22.1 Å². The van der Waals surface area contributed by atoms with Crippen LogP contribution in [0.4, 0.5) is 0 Å². The van der Waals surface area contributed by atoms with Crippen molar-refractivity contribution in [3.63, 3.8) is 0 Å². The number of nitrogens with zero attached hydrogens (tertiary/aromatic N) is 2. The van der Waals surface area contributed by atoms with E-state index in [-0.39, 0.29) is 23.2 Å². The van der Waals surface area contributed by atoms with Crippen molar-refractivity contribution >= 4 is 32.6 Å². The number of amides is 1. The molecule has 0 spiro atoms. The van der Waals surface area contributed by atoms with Crippen molar-refractivity contribution in [3.8, 4) is 0 Å². The number of carbonyl (C=O) groups excluding carboxylic acids is 2. The highest BCUT2D eigenvalue weighted by molar-refractivity contribution is 7.91. The first-order chi connectivity index (χ1) is 11.9.